The van der Waals surface area contributed by atoms with Crippen LogP contribution in [0.2, 0.25) is 0 Å². The number of aromatic nitrogens is 2. The summed E-state index contributed by atoms with van der Waals surface area (Å²) in [4.78, 5) is 4.03. The molecule has 20 heavy (non-hydrogen) atoms. The fourth-order valence-electron chi connectivity index (χ4n) is 2.71. The van der Waals surface area contributed by atoms with E-state index in [1.165, 1.54) is 37.7 Å². The van der Waals surface area contributed by atoms with Crippen molar-refractivity contribution in [1.29, 1.82) is 0 Å². The van der Waals surface area contributed by atoms with Gasteiger partial charge in [-0.1, -0.05) is 6.42 Å². The molecule has 1 aliphatic rings. The summed E-state index contributed by atoms with van der Waals surface area (Å²) in [6.45, 7) is 0.867. The van der Waals surface area contributed by atoms with Crippen LogP contribution in [0.15, 0.2) is 49.1 Å². The van der Waals surface area contributed by atoms with Crippen LogP contribution in [0.5, 0.6) is 5.75 Å². The van der Waals surface area contributed by atoms with E-state index in [2.05, 4.69) is 33.8 Å². The highest BCUT2D eigenvalue weighted by molar-refractivity contribution is 5.27. The maximum absolute atomic E-state index is 6.04. The van der Waals surface area contributed by atoms with Crippen LogP contribution in [-0.4, -0.2) is 11.1 Å². The van der Waals surface area contributed by atoms with Crippen molar-refractivity contribution in [2.45, 2.75) is 44.8 Å². The highest BCUT2D eigenvalue weighted by Crippen LogP contribution is 2.23. The van der Waals surface area contributed by atoms with E-state index in [1.807, 2.05) is 12.4 Å². The van der Waals surface area contributed by atoms with Gasteiger partial charge in [0.15, 0.2) is 18.9 Å². The first kappa shape index (κ1) is 13.1. The molecule has 0 bridgehead atoms. The summed E-state index contributed by atoms with van der Waals surface area (Å²) in [7, 11) is 0. The molecule has 1 aromatic carbocycles. The zero-order valence-corrected chi connectivity index (χ0v) is 11.7. The van der Waals surface area contributed by atoms with Crippen LogP contribution in [-0.2, 0) is 6.54 Å². The van der Waals surface area contributed by atoms with E-state index in [-0.39, 0.29) is 0 Å². The molecule has 0 radical (unpaired) electrons. The minimum atomic E-state index is 0.421. The molecule has 0 saturated heterocycles. The standard InChI is InChI=1S/C17H21N2O/c1-2-4-16(5-3-1)20-17-8-6-15(7-9-17)14-19-12-10-18-11-13-19/h6-13,16H,1-5,14H2/q+1. The number of rotatable bonds is 4. The first-order chi connectivity index (χ1) is 9.90. The van der Waals surface area contributed by atoms with Crippen LogP contribution < -0.4 is 9.30 Å². The first-order valence-electron chi connectivity index (χ1n) is 7.45. The molecular formula is C17H21N2O+. The summed E-state index contributed by atoms with van der Waals surface area (Å²) in [5, 5.41) is 0. The SMILES string of the molecule is c1c[n+](Cc2ccc(OC3CCCCC3)cc2)ccn1. The third-order valence-electron chi connectivity index (χ3n) is 3.83. The second-order valence-corrected chi connectivity index (χ2v) is 5.44. The Kier molecular flexibility index (Phi) is 4.26. The normalized spacial score (nSPS) is 16.0. The van der Waals surface area contributed by atoms with Gasteiger partial charge in [-0.15, -0.1) is 0 Å². The van der Waals surface area contributed by atoms with Gasteiger partial charge in [0, 0.05) is 5.56 Å². The molecule has 0 atom stereocenters. The lowest BCUT2D eigenvalue weighted by atomic mass is 9.98. The van der Waals surface area contributed by atoms with Gasteiger partial charge in [-0.05, 0) is 49.9 Å². The van der Waals surface area contributed by atoms with Gasteiger partial charge in [0.25, 0.3) is 0 Å². The molecule has 0 unspecified atom stereocenters. The first-order valence-corrected chi connectivity index (χ1v) is 7.45. The van der Waals surface area contributed by atoms with Crippen LogP contribution in [0.1, 0.15) is 37.7 Å². The Labute approximate surface area is 120 Å². The lowest BCUT2D eigenvalue weighted by Gasteiger charge is -2.22. The number of ether oxygens (including phenoxy) is 1. The quantitative estimate of drug-likeness (QED) is 0.797. The average molecular weight is 269 g/mol. The van der Waals surface area contributed by atoms with Crippen molar-refractivity contribution in [1.82, 2.24) is 4.98 Å². The fraction of sp³-hybridized carbons (Fsp3) is 0.412. The van der Waals surface area contributed by atoms with E-state index in [0.717, 1.165) is 12.3 Å². The summed E-state index contributed by atoms with van der Waals surface area (Å²) in [5.74, 6) is 1.00. The fourth-order valence-corrected chi connectivity index (χ4v) is 2.71. The van der Waals surface area contributed by atoms with Crippen molar-refractivity contribution in [3.05, 3.63) is 54.6 Å². The van der Waals surface area contributed by atoms with Crippen molar-refractivity contribution in [2.24, 2.45) is 0 Å². The smallest absolute Gasteiger partial charge is 0.187 e. The lowest BCUT2D eigenvalue weighted by Crippen LogP contribution is -2.33. The third kappa shape index (κ3) is 3.56. The maximum Gasteiger partial charge on any atom is 0.187 e. The molecule has 0 spiro atoms. The molecule has 1 heterocycles. The predicted molar refractivity (Wildman–Crippen MR) is 77.5 cm³/mol. The predicted octanol–water partition coefficient (Wildman–Crippen LogP) is 3.13. The van der Waals surface area contributed by atoms with Crippen LogP contribution in [0.4, 0.5) is 0 Å². The summed E-state index contributed by atoms with van der Waals surface area (Å²) in [6.07, 6.45) is 14.4. The second-order valence-electron chi connectivity index (χ2n) is 5.44. The summed E-state index contributed by atoms with van der Waals surface area (Å²) in [5.41, 5.74) is 1.28. The molecule has 0 N–H and O–H groups in total. The molecular weight excluding hydrogens is 248 g/mol. The number of benzene rings is 1. The molecule has 1 fully saturated rings. The number of hydrogen-bond donors (Lipinski definition) is 0. The molecule has 1 saturated carbocycles. The van der Waals surface area contributed by atoms with Gasteiger partial charge in [0.05, 0.1) is 18.5 Å². The van der Waals surface area contributed by atoms with Crippen LogP contribution in [0.25, 0.3) is 0 Å². The minimum absolute atomic E-state index is 0.421. The molecule has 104 valence electrons. The number of hydrogen-bond acceptors (Lipinski definition) is 2. The van der Waals surface area contributed by atoms with Crippen molar-refractivity contribution in [3.63, 3.8) is 0 Å². The number of nitrogens with zero attached hydrogens (tertiary/aromatic N) is 2. The zero-order chi connectivity index (χ0) is 13.6. The van der Waals surface area contributed by atoms with Gasteiger partial charge in [0.1, 0.15) is 5.75 Å². The monoisotopic (exact) mass is 269 g/mol. The van der Waals surface area contributed by atoms with Gasteiger partial charge in [-0.3, -0.25) is 4.98 Å². The second kappa shape index (κ2) is 6.51. The molecule has 3 rings (SSSR count). The Balaban J connectivity index is 1.59. The highest BCUT2D eigenvalue weighted by atomic mass is 16.5. The summed E-state index contributed by atoms with van der Waals surface area (Å²) >= 11 is 0. The summed E-state index contributed by atoms with van der Waals surface area (Å²) in [6, 6.07) is 8.47. The Morgan fingerprint density at radius 3 is 2.40 bits per heavy atom. The molecule has 1 aliphatic carbocycles. The van der Waals surface area contributed by atoms with Gasteiger partial charge in [-0.25, -0.2) is 0 Å². The average Bonchev–Trinajstić information content (AvgIpc) is 2.51. The van der Waals surface area contributed by atoms with Crippen LogP contribution in [0, 0.1) is 0 Å². The zero-order valence-electron chi connectivity index (χ0n) is 11.7. The van der Waals surface area contributed by atoms with Crippen molar-refractivity contribution < 1.29 is 9.30 Å². The summed E-state index contributed by atoms with van der Waals surface area (Å²) < 4.78 is 8.16. The van der Waals surface area contributed by atoms with Crippen LogP contribution >= 0.6 is 0 Å². The van der Waals surface area contributed by atoms with Crippen molar-refractivity contribution in [3.8, 4) is 5.75 Å². The van der Waals surface area contributed by atoms with E-state index in [0.29, 0.717) is 6.10 Å². The van der Waals surface area contributed by atoms with Gasteiger partial charge in [-0.2, -0.15) is 4.57 Å². The van der Waals surface area contributed by atoms with Gasteiger partial charge >= 0.3 is 0 Å². The molecule has 2 aromatic rings. The molecule has 3 heteroatoms. The largest absolute Gasteiger partial charge is 0.490 e. The minimum Gasteiger partial charge on any atom is -0.490 e. The topological polar surface area (TPSA) is 26.0 Å². The van der Waals surface area contributed by atoms with E-state index in [9.17, 15) is 0 Å². The molecule has 3 nitrogen and oxygen atoms in total. The Morgan fingerprint density at radius 2 is 1.70 bits per heavy atom. The van der Waals surface area contributed by atoms with E-state index < -0.39 is 0 Å². The maximum atomic E-state index is 6.04. The van der Waals surface area contributed by atoms with E-state index in [1.54, 1.807) is 12.4 Å². The molecule has 1 aromatic heterocycles. The molecule has 0 amide bonds. The van der Waals surface area contributed by atoms with Gasteiger partial charge < -0.3 is 4.74 Å². The lowest BCUT2D eigenvalue weighted by molar-refractivity contribution is -0.688. The Morgan fingerprint density at radius 1 is 1.00 bits per heavy atom. The third-order valence-corrected chi connectivity index (χ3v) is 3.83. The van der Waals surface area contributed by atoms with Crippen molar-refractivity contribution in [2.75, 3.05) is 0 Å². The van der Waals surface area contributed by atoms with Gasteiger partial charge in [0.2, 0.25) is 0 Å². The van der Waals surface area contributed by atoms with E-state index >= 15 is 0 Å². The van der Waals surface area contributed by atoms with E-state index in [4.69, 9.17) is 4.74 Å². The van der Waals surface area contributed by atoms with Crippen LogP contribution in [0.3, 0.4) is 0 Å². The Hall–Kier alpha value is -1.90. The Bertz CT molecular complexity index is 518. The highest BCUT2D eigenvalue weighted by Gasteiger charge is 2.14. The van der Waals surface area contributed by atoms with Crippen molar-refractivity contribution >= 4 is 0 Å². The molecule has 0 aliphatic heterocycles.